The maximum Gasteiger partial charge on any atom is 0.247 e. The summed E-state index contributed by atoms with van der Waals surface area (Å²) in [5.41, 5.74) is 1.69. The number of rotatable bonds is 5. The van der Waals surface area contributed by atoms with Crippen molar-refractivity contribution in [2.75, 3.05) is 6.79 Å². The lowest BCUT2D eigenvalue weighted by atomic mass is 10.2. The molecular formula is C19H17ClN2O3. The highest BCUT2D eigenvalue weighted by Gasteiger charge is 2.31. The second kappa shape index (κ2) is 6.76. The summed E-state index contributed by atoms with van der Waals surface area (Å²) in [7, 11) is 0. The van der Waals surface area contributed by atoms with Crippen molar-refractivity contribution in [3.63, 3.8) is 0 Å². The summed E-state index contributed by atoms with van der Waals surface area (Å²) < 4.78 is 10.7. The number of carbonyl (C=O) groups excluding carboxylic acids is 1. The van der Waals surface area contributed by atoms with Gasteiger partial charge in [0.25, 0.3) is 0 Å². The first-order valence-corrected chi connectivity index (χ1v) is 8.56. The maximum atomic E-state index is 12.6. The molecule has 1 fully saturated rings. The monoisotopic (exact) mass is 356 g/mol. The molecule has 1 aliphatic carbocycles. The summed E-state index contributed by atoms with van der Waals surface area (Å²) in [6.45, 7) is 0.692. The SMILES string of the molecule is O=C(/C=C\c1cc(Cl)c2c(c1)OCO2)N(Cc1ccccn1)C1CC1. The van der Waals surface area contributed by atoms with Crippen LogP contribution in [0.15, 0.2) is 42.6 Å². The molecule has 1 aromatic carbocycles. The first kappa shape index (κ1) is 16.0. The molecule has 0 bridgehead atoms. The van der Waals surface area contributed by atoms with Crippen LogP contribution in [0.1, 0.15) is 24.1 Å². The Morgan fingerprint density at radius 3 is 2.96 bits per heavy atom. The van der Waals surface area contributed by atoms with Crippen molar-refractivity contribution in [1.82, 2.24) is 9.88 Å². The smallest absolute Gasteiger partial charge is 0.247 e. The van der Waals surface area contributed by atoms with Crippen LogP contribution in [0.5, 0.6) is 11.5 Å². The van der Waals surface area contributed by atoms with Gasteiger partial charge >= 0.3 is 0 Å². The summed E-state index contributed by atoms with van der Waals surface area (Å²) >= 11 is 6.18. The molecule has 0 atom stereocenters. The minimum atomic E-state index is -0.0260. The first-order valence-electron chi connectivity index (χ1n) is 8.18. The van der Waals surface area contributed by atoms with E-state index in [0.29, 0.717) is 29.1 Å². The molecule has 2 heterocycles. The molecule has 0 saturated heterocycles. The second-order valence-corrected chi connectivity index (χ2v) is 6.50. The Hall–Kier alpha value is -2.53. The van der Waals surface area contributed by atoms with Crippen molar-refractivity contribution in [1.29, 1.82) is 0 Å². The predicted octanol–water partition coefficient (Wildman–Crippen LogP) is 3.67. The van der Waals surface area contributed by atoms with E-state index in [9.17, 15) is 4.79 Å². The van der Waals surface area contributed by atoms with Gasteiger partial charge in [0.2, 0.25) is 12.7 Å². The van der Waals surface area contributed by atoms with E-state index < -0.39 is 0 Å². The molecule has 0 radical (unpaired) electrons. The standard InChI is InChI=1S/C19H17ClN2O3/c20-16-9-13(10-17-19(16)25-12-24-17)4-7-18(23)22(15-5-6-15)11-14-3-1-2-8-21-14/h1-4,7-10,15H,5-6,11-12H2/b7-4-. The molecule has 2 aliphatic rings. The van der Waals surface area contributed by atoms with Crippen LogP contribution in [-0.4, -0.2) is 28.6 Å². The summed E-state index contributed by atoms with van der Waals surface area (Å²) in [6, 6.07) is 9.62. The number of ether oxygens (including phenoxy) is 2. The molecule has 0 unspecified atom stereocenters. The fraction of sp³-hybridized carbons (Fsp3) is 0.263. The van der Waals surface area contributed by atoms with Gasteiger partial charge in [-0.3, -0.25) is 9.78 Å². The van der Waals surface area contributed by atoms with E-state index in [2.05, 4.69) is 4.98 Å². The van der Waals surface area contributed by atoms with Gasteiger partial charge in [0.1, 0.15) is 0 Å². The number of fused-ring (bicyclic) bond motifs is 1. The average molecular weight is 357 g/mol. The lowest BCUT2D eigenvalue weighted by Crippen LogP contribution is -2.31. The Morgan fingerprint density at radius 2 is 2.20 bits per heavy atom. The normalized spacial score (nSPS) is 15.6. The van der Waals surface area contributed by atoms with Crippen LogP contribution >= 0.6 is 11.6 Å². The topological polar surface area (TPSA) is 51.7 Å². The molecule has 4 rings (SSSR count). The van der Waals surface area contributed by atoms with E-state index in [0.717, 1.165) is 24.1 Å². The fourth-order valence-corrected chi connectivity index (χ4v) is 3.06. The van der Waals surface area contributed by atoms with Crippen LogP contribution in [0.3, 0.4) is 0 Å². The molecular weight excluding hydrogens is 340 g/mol. The van der Waals surface area contributed by atoms with E-state index in [4.69, 9.17) is 21.1 Å². The molecule has 5 nitrogen and oxygen atoms in total. The average Bonchev–Trinajstić information content (AvgIpc) is 3.35. The van der Waals surface area contributed by atoms with Crippen LogP contribution in [0.25, 0.3) is 6.08 Å². The van der Waals surface area contributed by atoms with Gasteiger partial charge in [-0.25, -0.2) is 0 Å². The van der Waals surface area contributed by atoms with Crippen LogP contribution < -0.4 is 9.47 Å². The number of halogens is 1. The third-order valence-corrected chi connectivity index (χ3v) is 4.48. The number of amides is 1. The zero-order chi connectivity index (χ0) is 17.2. The Kier molecular flexibility index (Phi) is 4.32. The number of pyridine rings is 1. The molecule has 1 aromatic heterocycles. The van der Waals surface area contributed by atoms with E-state index in [1.165, 1.54) is 0 Å². The van der Waals surface area contributed by atoms with Crippen LogP contribution in [0, 0.1) is 0 Å². The molecule has 128 valence electrons. The zero-order valence-corrected chi connectivity index (χ0v) is 14.3. The molecule has 25 heavy (non-hydrogen) atoms. The van der Waals surface area contributed by atoms with Gasteiger partial charge in [-0.2, -0.15) is 0 Å². The second-order valence-electron chi connectivity index (χ2n) is 6.09. The summed E-state index contributed by atoms with van der Waals surface area (Å²) in [6.07, 6.45) is 7.17. The third-order valence-electron chi connectivity index (χ3n) is 4.20. The molecule has 1 aliphatic heterocycles. The number of hydrogen-bond acceptors (Lipinski definition) is 4. The minimum absolute atomic E-state index is 0.0260. The lowest BCUT2D eigenvalue weighted by Gasteiger charge is -2.20. The zero-order valence-electron chi connectivity index (χ0n) is 13.5. The van der Waals surface area contributed by atoms with Gasteiger partial charge in [-0.15, -0.1) is 0 Å². The number of benzene rings is 1. The van der Waals surface area contributed by atoms with Gasteiger partial charge in [-0.05, 0) is 48.7 Å². The Labute approximate surface area is 150 Å². The van der Waals surface area contributed by atoms with Crippen molar-refractivity contribution < 1.29 is 14.3 Å². The van der Waals surface area contributed by atoms with Crippen LogP contribution in [-0.2, 0) is 11.3 Å². The van der Waals surface area contributed by atoms with E-state index in [1.54, 1.807) is 24.4 Å². The van der Waals surface area contributed by atoms with Gasteiger partial charge in [0, 0.05) is 18.3 Å². The van der Waals surface area contributed by atoms with E-state index >= 15 is 0 Å². The van der Waals surface area contributed by atoms with Crippen molar-refractivity contribution in [3.05, 3.63) is 58.9 Å². The van der Waals surface area contributed by atoms with Crippen molar-refractivity contribution in [2.45, 2.75) is 25.4 Å². The lowest BCUT2D eigenvalue weighted by molar-refractivity contribution is -0.127. The van der Waals surface area contributed by atoms with Crippen molar-refractivity contribution in [2.24, 2.45) is 0 Å². The predicted molar refractivity (Wildman–Crippen MR) is 94.4 cm³/mol. The number of carbonyl (C=O) groups is 1. The molecule has 2 aromatic rings. The highest BCUT2D eigenvalue weighted by Crippen LogP contribution is 2.40. The van der Waals surface area contributed by atoms with E-state index in [-0.39, 0.29) is 12.7 Å². The molecule has 0 N–H and O–H groups in total. The summed E-state index contributed by atoms with van der Waals surface area (Å²) in [4.78, 5) is 18.8. The van der Waals surface area contributed by atoms with Gasteiger partial charge in [-0.1, -0.05) is 17.7 Å². The maximum absolute atomic E-state index is 12.6. The minimum Gasteiger partial charge on any atom is -0.454 e. The molecule has 0 spiro atoms. The van der Waals surface area contributed by atoms with Crippen molar-refractivity contribution >= 4 is 23.6 Å². The third kappa shape index (κ3) is 3.61. The summed E-state index contributed by atoms with van der Waals surface area (Å²) in [5.74, 6) is 1.13. The number of hydrogen-bond donors (Lipinski definition) is 0. The highest BCUT2D eigenvalue weighted by atomic mass is 35.5. The van der Waals surface area contributed by atoms with E-state index in [1.807, 2.05) is 29.2 Å². The fourth-order valence-electron chi connectivity index (χ4n) is 2.79. The summed E-state index contributed by atoms with van der Waals surface area (Å²) in [5, 5.41) is 0.481. The van der Waals surface area contributed by atoms with Gasteiger partial charge in [0.15, 0.2) is 11.5 Å². The largest absolute Gasteiger partial charge is 0.454 e. The Bertz CT molecular complexity index is 819. The number of nitrogens with zero attached hydrogens (tertiary/aromatic N) is 2. The first-order chi connectivity index (χ1) is 12.2. The molecule has 1 amide bonds. The van der Waals surface area contributed by atoms with Crippen LogP contribution in [0.4, 0.5) is 0 Å². The highest BCUT2D eigenvalue weighted by molar-refractivity contribution is 6.32. The molecule has 6 heteroatoms. The Morgan fingerprint density at radius 1 is 1.32 bits per heavy atom. The quantitative estimate of drug-likeness (QED) is 0.767. The Balaban J connectivity index is 1.50. The van der Waals surface area contributed by atoms with Crippen molar-refractivity contribution in [3.8, 4) is 11.5 Å². The van der Waals surface area contributed by atoms with Crippen LogP contribution in [0.2, 0.25) is 5.02 Å². The van der Waals surface area contributed by atoms with Gasteiger partial charge in [0.05, 0.1) is 17.3 Å². The number of aromatic nitrogens is 1. The van der Waals surface area contributed by atoms with Gasteiger partial charge < -0.3 is 14.4 Å². The molecule has 1 saturated carbocycles.